The number of nitrogens with zero attached hydrogens (tertiary/aromatic N) is 1. The van der Waals surface area contributed by atoms with Crippen molar-refractivity contribution in [3.05, 3.63) is 89.6 Å². The highest BCUT2D eigenvalue weighted by atomic mass is 16.7. The molecule has 2 aliphatic rings. The Bertz CT molecular complexity index is 1550. The second-order valence-electron chi connectivity index (χ2n) is 8.87. The Morgan fingerprint density at radius 1 is 1.05 bits per heavy atom. The number of para-hydroxylation sites is 1. The maximum Gasteiger partial charge on any atom is 0.300 e. The van der Waals surface area contributed by atoms with Gasteiger partial charge in [-0.2, -0.15) is 0 Å². The van der Waals surface area contributed by atoms with Gasteiger partial charge in [-0.25, -0.2) is 0 Å². The molecule has 37 heavy (non-hydrogen) atoms. The molecule has 3 aromatic carbocycles. The van der Waals surface area contributed by atoms with E-state index in [0.29, 0.717) is 40.7 Å². The molecule has 3 heterocycles. The van der Waals surface area contributed by atoms with Gasteiger partial charge in [0, 0.05) is 40.0 Å². The molecule has 6 rings (SSSR count). The first-order chi connectivity index (χ1) is 18.1. The van der Waals surface area contributed by atoms with Crippen molar-refractivity contribution in [2.45, 2.75) is 19.4 Å². The number of carbonyl (C=O) groups excluding carboxylic acids is 2. The van der Waals surface area contributed by atoms with E-state index in [9.17, 15) is 14.7 Å². The van der Waals surface area contributed by atoms with Crippen molar-refractivity contribution in [2.75, 3.05) is 18.3 Å². The Balaban J connectivity index is 1.52. The number of anilines is 1. The third-order valence-electron chi connectivity index (χ3n) is 6.60. The van der Waals surface area contributed by atoms with E-state index >= 15 is 0 Å². The summed E-state index contributed by atoms with van der Waals surface area (Å²) in [6.45, 7) is 2.68. The van der Waals surface area contributed by atoms with Gasteiger partial charge in [-0.1, -0.05) is 25.1 Å². The second-order valence-corrected chi connectivity index (χ2v) is 8.87. The number of hydrogen-bond acceptors (Lipinski definition) is 6. The number of rotatable bonds is 6. The summed E-state index contributed by atoms with van der Waals surface area (Å²) in [6.07, 6.45) is 2.64. The molecule has 8 heteroatoms. The molecule has 0 aliphatic carbocycles. The standard InChI is InChI=1S/C29H24N2O6/c1-2-13-35-19-10-7-17(8-11-19)27(32)25-26(21-15-30-22-6-4-3-5-20(21)22)31(29(34)28(25)33)18-9-12-23-24(14-18)37-16-36-23/h3-12,14-15,26,30,32H,2,13,16H2,1H3/b27-25+. The van der Waals surface area contributed by atoms with Crippen LogP contribution in [-0.2, 0) is 9.59 Å². The van der Waals surface area contributed by atoms with Crippen molar-refractivity contribution in [3.8, 4) is 17.2 Å². The number of nitrogens with one attached hydrogen (secondary N) is 1. The summed E-state index contributed by atoms with van der Waals surface area (Å²) in [7, 11) is 0. The van der Waals surface area contributed by atoms with Crippen molar-refractivity contribution >= 4 is 34.0 Å². The van der Waals surface area contributed by atoms with Crippen molar-refractivity contribution in [1.29, 1.82) is 0 Å². The van der Waals surface area contributed by atoms with Crippen molar-refractivity contribution < 1.29 is 28.9 Å². The number of aromatic nitrogens is 1. The Morgan fingerprint density at radius 3 is 2.65 bits per heavy atom. The smallest absolute Gasteiger partial charge is 0.300 e. The van der Waals surface area contributed by atoms with Crippen LogP contribution in [0, 0.1) is 0 Å². The number of aromatic amines is 1. The first kappa shape index (κ1) is 22.7. The maximum atomic E-state index is 13.5. The lowest BCUT2D eigenvalue weighted by atomic mass is 9.94. The number of fused-ring (bicyclic) bond motifs is 2. The van der Waals surface area contributed by atoms with Gasteiger partial charge in [-0.15, -0.1) is 0 Å². The lowest BCUT2D eigenvalue weighted by Crippen LogP contribution is -2.29. The quantitative estimate of drug-likeness (QED) is 0.213. The fraction of sp³-hybridized carbons (Fsp3) is 0.172. The monoisotopic (exact) mass is 496 g/mol. The van der Waals surface area contributed by atoms with Crippen LogP contribution in [-0.4, -0.2) is 35.2 Å². The molecule has 0 bridgehead atoms. The van der Waals surface area contributed by atoms with Crippen LogP contribution < -0.4 is 19.1 Å². The van der Waals surface area contributed by atoms with Crippen LogP contribution in [0.1, 0.15) is 30.5 Å². The lowest BCUT2D eigenvalue weighted by molar-refractivity contribution is -0.132. The molecule has 186 valence electrons. The van der Waals surface area contributed by atoms with Crippen LogP contribution in [0.2, 0.25) is 0 Å². The van der Waals surface area contributed by atoms with Gasteiger partial charge < -0.3 is 24.3 Å². The average Bonchev–Trinajstić information content (AvgIpc) is 3.63. The Morgan fingerprint density at radius 2 is 1.84 bits per heavy atom. The highest BCUT2D eigenvalue weighted by Crippen LogP contribution is 2.46. The summed E-state index contributed by atoms with van der Waals surface area (Å²) in [5.41, 5.74) is 2.43. The molecule has 1 unspecified atom stereocenters. The van der Waals surface area contributed by atoms with Gasteiger partial charge in [0.25, 0.3) is 11.7 Å². The summed E-state index contributed by atoms with van der Waals surface area (Å²) in [6, 6.07) is 18.7. The van der Waals surface area contributed by atoms with E-state index < -0.39 is 17.7 Å². The van der Waals surface area contributed by atoms with E-state index in [4.69, 9.17) is 14.2 Å². The zero-order valence-electron chi connectivity index (χ0n) is 20.1. The van der Waals surface area contributed by atoms with Crippen molar-refractivity contribution in [3.63, 3.8) is 0 Å². The summed E-state index contributed by atoms with van der Waals surface area (Å²) < 4.78 is 16.6. The molecule has 1 amide bonds. The fourth-order valence-electron chi connectivity index (χ4n) is 4.83. The lowest BCUT2D eigenvalue weighted by Gasteiger charge is -2.25. The first-order valence-corrected chi connectivity index (χ1v) is 12.1. The van der Waals surface area contributed by atoms with E-state index in [0.717, 1.165) is 17.3 Å². The third-order valence-corrected chi connectivity index (χ3v) is 6.60. The molecule has 4 aromatic rings. The highest BCUT2D eigenvalue weighted by molar-refractivity contribution is 6.52. The molecule has 1 saturated heterocycles. The highest BCUT2D eigenvalue weighted by Gasteiger charge is 2.48. The van der Waals surface area contributed by atoms with E-state index in [1.807, 2.05) is 31.2 Å². The summed E-state index contributed by atoms with van der Waals surface area (Å²) in [5, 5.41) is 12.3. The van der Waals surface area contributed by atoms with Gasteiger partial charge in [0.05, 0.1) is 18.2 Å². The van der Waals surface area contributed by atoms with Gasteiger partial charge in [0.15, 0.2) is 11.5 Å². The maximum absolute atomic E-state index is 13.5. The molecule has 2 N–H and O–H groups in total. The molecular formula is C29H24N2O6. The number of aliphatic hydroxyl groups is 1. The Kier molecular flexibility index (Phi) is 5.56. The van der Waals surface area contributed by atoms with Crippen LogP contribution in [0.4, 0.5) is 5.69 Å². The number of aliphatic hydroxyl groups excluding tert-OH is 1. The van der Waals surface area contributed by atoms with Crippen LogP contribution in [0.5, 0.6) is 17.2 Å². The van der Waals surface area contributed by atoms with Gasteiger partial charge >= 0.3 is 0 Å². The summed E-state index contributed by atoms with van der Waals surface area (Å²) >= 11 is 0. The second kappa shape index (κ2) is 9.05. The topological polar surface area (TPSA) is 101 Å². The molecule has 0 saturated carbocycles. The van der Waals surface area contributed by atoms with E-state index in [1.54, 1.807) is 48.7 Å². The zero-order chi connectivity index (χ0) is 25.5. The molecule has 1 atom stereocenters. The predicted molar refractivity (Wildman–Crippen MR) is 138 cm³/mol. The van der Waals surface area contributed by atoms with Crippen LogP contribution in [0.25, 0.3) is 16.7 Å². The number of ketones is 1. The van der Waals surface area contributed by atoms with Gasteiger partial charge in [0.2, 0.25) is 6.79 Å². The summed E-state index contributed by atoms with van der Waals surface area (Å²) in [4.78, 5) is 31.6. The minimum atomic E-state index is -0.868. The third kappa shape index (κ3) is 3.78. The molecule has 2 aliphatic heterocycles. The van der Waals surface area contributed by atoms with Gasteiger partial charge in [-0.05, 0) is 48.9 Å². The van der Waals surface area contributed by atoms with Gasteiger partial charge in [0.1, 0.15) is 11.5 Å². The molecule has 1 aromatic heterocycles. The number of hydrogen-bond donors (Lipinski definition) is 2. The van der Waals surface area contributed by atoms with Crippen molar-refractivity contribution in [2.24, 2.45) is 0 Å². The Labute approximate surface area is 212 Å². The first-order valence-electron chi connectivity index (χ1n) is 12.1. The van der Waals surface area contributed by atoms with Gasteiger partial charge in [-0.3, -0.25) is 14.5 Å². The Hall–Kier alpha value is -4.72. The molecule has 0 spiro atoms. The number of ether oxygens (including phenoxy) is 3. The van der Waals surface area contributed by atoms with Crippen molar-refractivity contribution in [1.82, 2.24) is 4.98 Å². The largest absolute Gasteiger partial charge is 0.507 e. The van der Waals surface area contributed by atoms with E-state index in [2.05, 4.69) is 4.98 Å². The number of amides is 1. The molecule has 8 nitrogen and oxygen atoms in total. The zero-order valence-corrected chi connectivity index (χ0v) is 20.1. The van der Waals surface area contributed by atoms with Crippen LogP contribution in [0.15, 0.2) is 78.5 Å². The van der Waals surface area contributed by atoms with Crippen LogP contribution >= 0.6 is 0 Å². The molecular weight excluding hydrogens is 472 g/mol. The number of Topliss-reactive ketones (excluding diaryl/α,β-unsaturated/α-hetero) is 1. The normalized spacial score (nSPS) is 18.1. The SMILES string of the molecule is CCCOc1ccc(/C(O)=C2\C(=O)C(=O)N(c3ccc4c(c3)OCO4)C2c2c[nH]c3ccccc23)cc1. The minimum Gasteiger partial charge on any atom is -0.507 e. The fourth-order valence-corrected chi connectivity index (χ4v) is 4.83. The minimum absolute atomic E-state index is 0.00893. The molecule has 0 radical (unpaired) electrons. The molecule has 1 fully saturated rings. The van der Waals surface area contributed by atoms with E-state index in [-0.39, 0.29) is 18.1 Å². The predicted octanol–water partition coefficient (Wildman–Crippen LogP) is 5.31. The summed E-state index contributed by atoms with van der Waals surface area (Å²) in [5.74, 6) is -0.0456. The number of carbonyl (C=O) groups is 2. The average molecular weight is 497 g/mol. The van der Waals surface area contributed by atoms with Crippen LogP contribution in [0.3, 0.4) is 0 Å². The number of H-pyrrole nitrogens is 1. The van der Waals surface area contributed by atoms with E-state index in [1.165, 1.54) is 4.90 Å². The number of benzene rings is 3.